The number of benzene rings is 2. The van der Waals surface area contributed by atoms with Crippen molar-refractivity contribution in [1.82, 2.24) is 0 Å². The zero-order chi connectivity index (χ0) is 17.1. The second-order valence-corrected chi connectivity index (χ2v) is 6.11. The van der Waals surface area contributed by atoms with Gasteiger partial charge in [-0.1, -0.05) is 66.2 Å². The molecule has 1 aliphatic rings. The molecule has 1 atom stereocenters. The van der Waals surface area contributed by atoms with Crippen molar-refractivity contribution in [3.05, 3.63) is 94.2 Å². The maximum absolute atomic E-state index is 12.9. The van der Waals surface area contributed by atoms with Crippen LogP contribution in [0.5, 0.6) is 0 Å². The molecule has 3 rings (SSSR count). The molecule has 1 aliphatic carbocycles. The van der Waals surface area contributed by atoms with E-state index in [4.69, 9.17) is 22.7 Å². The Morgan fingerprint density at radius 3 is 2.42 bits per heavy atom. The number of Topliss-reactive ketones (excluding diaryl/α,β-unsaturated/α-hetero) is 1. The first-order chi connectivity index (χ1) is 11.6. The number of rotatable bonds is 4. The van der Waals surface area contributed by atoms with Crippen molar-refractivity contribution >= 4 is 23.1 Å². The third-order valence-corrected chi connectivity index (χ3v) is 4.53. The van der Waals surface area contributed by atoms with E-state index in [0.29, 0.717) is 28.3 Å². The number of nitrogens with one attached hydrogen (secondary N) is 1. The monoisotopic (exact) mass is 336 g/mol. The molecule has 2 aromatic rings. The Balaban J connectivity index is 1.97. The van der Waals surface area contributed by atoms with Gasteiger partial charge in [0.05, 0.1) is 11.4 Å². The molecule has 0 bridgehead atoms. The lowest BCUT2D eigenvalue weighted by Gasteiger charge is -2.24. The second-order valence-electron chi connectivity index (χ2n) is 5.70. The first-order valence-corrected chi connectivity index (χ1v) is 8.05. The van der Waals surface area contributed by atoms with Crippen LogP contribution in [0.4, 0.5) is 0 Å². The fourth-order valence-electron chi connectivity index (χ4n) is 2.83. The summed E-state index contributed by atoms with van der Waals surface area (Å²) in [6.45, 7) is 0. The summed E-state index contributed by atoms with van der Waals surface area (Å²) in [5, 5.41) is 8.96. The third kappa shape index (κ3) is 3.17. The predicted molar refractivity (Wildman–Crippen MR) is 97.5 cm³/mol. The molecule has 0 heterocycles. The zero-order valence-electron chi connectivity index (χ0n) is 13.0. The smallest absolute Gasteiger partial charge is 0.189 e. The van der Waals surface area contributed by atoms with E-state index in [2.05, 4.69) is 0 Å². The van der Waals surface area contributed by atoms with E-state index in [0.717, 1.165) is 5.56 Å². The minimum Gasteiger partial charge on any atom is -0.397 e. The van der Waals surface area contributed by atoms with Gasteiger partial charge in [-0.25, -0.2) is 0 Å². The Morgan fingerprint density at radius 2 is 1.71 bits per heavy atom. The maximum atomic E-state index is 12.9. The highest BCUT2D eigenvalue weighted by atomic mass is 35.5. The molecule has 0 fully saturated rings. The Hall–Kier alpha value is -2.65. The molecule has 0 aliphatic heterocycles. The summed E-state index contributed by atoms with van der Waals surface area (Å²) < 4.78 is 0. The summed E-state index contributed by atoms with van der Waals surface area (Å²) in [5.74, 6) is -0.483. The first kappa shape index (κ1) is 16.2. The fourth-order valence-corrected chi connectivity index (χ4v) is 3.04. The molecule has 0 saturated carbocycles. The number of halogens is 1. The summed E-state index contributed by atoms with van der Waals surface area (Å²) >= 11 is 6.25. The van der Waals surface area contributed by atoms with Gasteiger partial charge in [0.15, 0.2) is 5.78 Å². The molecule has 3 N–H and O–H groups in total. The van der Waals surface area contributed by atoms with Gasteiger partial charge < -0.3 is 11.1 Å². The SMILES string of the molecule is N=C1C(N)=CC=C(C(=O)c2ccccc2)C1Cc1ccccc1Cl. The van der Waals surface area contributed by atoms with Crippen molar-refractivity contribution in [2.75, 3.05) is 0 Å². The Labute approximate surface area is 146 Å². The fraction of sp³-hybridized carbons (Fsp3) is 0.100. The molecule has 0 spiro atoms. The Kier molecular flexibility index (Phi) is 4.63. The number of carbonyl (C=O) groups excluding carboxylic acids is 1. The molecule has 24 heavy (non-hydrogen) atoms. The van der Waals surface area contributed by atoms with E-state index in [9.17, 15) is 4.79 Å². The highest BCUT2D eigenvalue weighted by Crippen LogP contribution is 2.29. The summed E-state index contributed by atoms with van der Waals surface area (Å²) in [6.07, 6.45) is 3.82. The zero-order valence-corrected chi connectivity index (χ0v) is 13.8. The highest BCUT2D eigenvalue weighted by molar-refractivity contribution is 6.31. The van der Waals surface area contributed by atoms with Gasteiger partial charge in [0, 0.05) is 22.1 Å². The summed E-state index contributed by atoms with van der Waals surface area (Å²) in [4.78, 5) is 12.9. The standard InChI is InChI=1S/C20H17ClN2O/c21-17-9-5-4-8-14(17)12-16-15(10-11-18(22)19(16)23)20(24)13-6-2-1-3-7-13/h1-11,16,23H,12,22H2. The lowest BCUT2D eigenvalue weighted by Crippen LogP contribution is -2.30. The van der Waals surface area contributed by atoms with Crippen LogP contribution in [0.2, 0.25) is 5.02 Å². The van der Waals surface area contributed by atoms with Crippen molar-refractivity contribution in [3.63, 3.8) is 0 Å². The minimum atomic E-state index is -0.400. The number of nitrogens with two attached hydrogens (primary N) is 1. The van der Waals surface area contributed by atoms with Crippen molar-refractivity contribution in [2.24, 2.45) is 11.7 Å². The average molecular weight is 337 g/mol. The molecule has 0 amide bonds. The first-order valence-electron chi connectivity index (χ1n) is 7.67. The quantitative estimate of drug-likeness (QED) is 0.822. The molecule has 0 aromatic heterocycles. The summed E-state index contributed by atoms with van der Waals surface area (Å²) in [7, 11) is 0. The van der Waals surface area contributed by atoms with Crippen LogP contribution in [0.15, 0.2) is 78.0 Å². The lowest BCUT2D eigenvalue weighted by atomic mass is 9.80. The van der Waals surface area contributed by atoms with E-state index in [1.54, 1.807) is 24.3 Å². The maximum Gasteiger partial charge on any atom is 0.189 e. The molecular weight excluding hydrogens is 320 g/mol. The van der Waals surface area contributed by atoms with Gasteiger partial charge in [0.1, 0.15) is 0 Å². The molecule has 0 radical (unpaired) electrons. The number of allylic oxidation sites excluding steroid dienone is 4. The van der Waals surface area contributed by atoms with Gasteiger partial charge in [-0.15, -0.1) is 0 Å². The van der Waals surface area contributed by atoms with Crippen LogP contribution in [-0.4, -0.2) is 11.5 Å². The molecule has 1 unspecified atom stereocenters. The van der Waals surface area contributed by atoms with Gasteiger partial charge >= 0.3 is 0 Å². The van der Waals surface area contributed by atoms with Crippen molar-refractivity contribution in [1.29, 1.82) is 5.41 Å². The largest absolute Gasteiger partial charge is 0.397 e. The van der Waals surface area contributed by atoms with Gasteiger partial charge in [0.25, 0.3) is 0 Å². The van der Waals surface area contributed by atoms with E-state index in [-0.39, 0.29) is 11.5 Å². The van der Waals surface area contributed by atoms with Gasteiger partial charge in [-0.05, 0) is 24.1 Å². The van der Waals surface area contributed by atoms with Crippen LogP contribution in [0, 0.1) is 11.3 Å². The second kappa shape index (κ2) is 6.85. The number of hydrogen-bond donors (Lipinski definition) is 2. The number of carbonyl (C=O) groups is 1. The number of ketones is 1. The molecule has 3 nitrogen and oxygen atoms in total. The number of hydrogen-bond acceptors (Lipinski definition) is 3. The van der Waals surface area contributed by atoms with Gasteiger partial charge in [0.2, 0.25) is 0 Å². The molecule has 4 heteroatoms. The molecular formula is C20H17ClN2O. The van der Waals surface area contributed by atoms with Crippen LogP contribution < -0.4 is 5.73 Å². The lowest BCUT2D eigenvalue weighted by molar-refractivity contribution is 0.102. The molecule has 2 aromatic carbocycles. The molecule has 120 valence electrons. The van der Waals surface area contributed by atoms with Gasteiger partial charge in [-0.3, -0.25) is 4.79 Å². The normalized spacial score (nSPS) is 17.2. The Morgan fingerprint density at radius 1 is 1.04 bits per heavy atom. The van der Waals surface area contributed by atoms with E-state index in [1.807, 2.05) is 42.5 Å². The average Bonchev–Trinajstić information content (AvgIpc) is 2.61. The van der Waals surface area contributed by atoms with Crippen molar-refractivity contribution in [2.45, 2.75) is 6.42 Å². The third-order valence-electron chi connectivity index (χ3n) is 4.16. The van der Waals surface area contributed by atoms with E-state index < -0.39 is 5.92 Å². The van der Waals surface area contributed by atoms with Crippen LogP contribution in [0.1, 0.15) is 15.9 Å². The predicted octanol–water partition coefficient (Wildman–Crippen LogP) is 4.18. The van der Waals surface area contributed by atoms with Crippen LogP contribution in [-0.2, 0) is 6.42 Å². The van der Waals surface area contributed by atoms with E-state index in [1.165, 1.54) is 0 Å². The van der Waals surface area contributed by atoms with Crippen molar-refractivity contribution in [3.8, 4) is 0 Å². The van der Waals surface area contributed by atoms with Crippen molar-refractivity contribution < 1.29 is 4.79 Å². The topological polar surface area (TPSA) is 66.9 Å². The Bertz CT molecular complexity index is 853. The van der Waals surface area contributed by atoms with Gasteiger partial charge in [-0.2, -0.15) is 0 Å². The summed E-state index contributed by atoms with van der Waals surface area (Å²) in [5.41, 5.74) is 8.63. The highest BCUT2D eigenvalue weighted by Gasteiger charge is 2.29. The minimum absolute atomic E-state index is 0.0823. The van der Waals surface area contributed by atoms with E-state index >= 15 is 0 Å². The van der Waals surface area contributed by atoms with Crippen LogP contribution in [0.25, 0.3) is 0 Å². The van der Waals surface area contributed by atoms with Crippen LogP contribution >= 0.6 is 11.6 Å². The summed E-state index contributed by atoms with van der Waals surface area (Å²) in [6, 6.07) is 16.6. The molecule has 0 saturated heterocycles. The van der Waals surface area contributed by atoms with Crippen LogP contribution in [0.3, 0.4) is 0 Å².